The monoisotopic (exact) mass is 446 g/mol. The molecule has 1 aromatic heterocycles. The molecule has 3 aromatic carbocycles. The number of rotatable bonds is 6. The molecule has 4 aromatic rings. The first-order chi connectivity index (χ1) is 15.0. The summed E-state index contributed by atoms with van der Waals surface area (Å²) >= 11 is 7.93. The zero-order valence-corrected chi connectivity index (χ0v) is 18.9. The number of hydrogen-bond donors (Lipinski definition) is 2. The molecule has 1 atom stereocenters. The molecule has 3 nitrogen and oxygen atoms in total. The Hall–Kier alpha value is -3.08. The fourth-order valence-electron chi connectivity index (χ4n) is 3.56. The highest BCUT2D eigenvalue weighted by Gasteiger charge is 2.25. The van der Waals surface area contributed by atoms with Gasteiger partial charge in [0.1, 0.15) is 5.00 Å². The Balaban J connectivity index is 1.78. The summed E-state index contributed by atoms with van der Waals surface area (Å²) in [6, 6.07) is 27.0. The van der Waals surface area contributed by atoms with E-state index >= 15 is 0 Å². The molecule has 5 heteroatoms. The third-order valence-corrected chi connectivity index (χ3v) is 6.62. The maximum absolute atomic E-state index is 12.9. The molecule has 0 saturated heterocycles. The van der Waals surface area contributed by atoms with Crippen molar-refractivity contribution in [1.29, 1.82) is 0 Å². The smallest absolute Gasteiger partial charge is 0.256 e. The second-order valence-electron chi connectivity index (χ2n) is 7.34. The molecule has 0 aliphatic heterocycles. The Morgan fingerprint density at radius 1 is 0.903 bits per heavy atom. The molecule has 2 N–H and O–H groups in total. The van der Waals surface area contributed by atoms with Crippen LogP contribution in [0.3, 0.4) is 0 Å². The average molecular weight is 447 g/mol. The van der Waals surface area contributed by atoms with Gasteiger partial charge in [-0.3, -0.25) is 4.79 Å². The molecule has 1 amide bonds. The van der Waals surface area contributed by atoms with E-state index in [-0.39, 0.29) is 11.9 Å². The molecule has 0 radical (unpaired) electrons. The van der Waals surface area contributed by atoms with Gasteiger partial charge in [-0.2, -0.15) is 0 Å². The van der Waals surface area contributed by atoms with Gasteiger partial charge in [0.05, 0.1) is 6.04 Å². The molecule has 0 spiro atoms. The summed E-state index contributed by atoms with van der Waals surface area (Å²) in [6.45, 7) is 4.18. The van der Waals surface area contributed by atoms with Crippen LogP contribution in [0, 0.1) is 13.8 Å². The second kappa shape index (κ2) is 9.38. The molecule has 0 fully saturated rings. The quantitative estimate of drug-likeness (QED) is 0.322. The zero-order chi connectivity index (χ0) is 21.8. The van der Waals surface area contributed by atoms with Gasteiger partial charge in [0.25, 0.3) is 5.91 Å². The largest absolute Gasteiger partial charge is 0.374 e. The molecule has 0 aliphatic carbocycles. The highest BCUT2D eigenvalue weighted by Crippen LogP contribution is 2.41. The highest BCUT2D eigenvalue weighted by atomic mass is 35.5. The van der Waals surface area contributed by atoms with Crippen LogP contribution in [-0.2, 0) is 0 Å². The van der Waals surface area contributed by atoms with Gasteiger partial charge in [-0.05, 0) is 61.4 Å². The Morgan fingerprint density at radius 3 is 2.26 bits per heavy atom. The molecular formula is C26H23ClN2OS. The number of hydrogen-bond acceptors (Lipinski definition) is 3. The number of nitrogens with one attached hydrogen (secondary N) is 2. The van der Waals surface area contributed by atoms with Crippen molar-refractivity contribution in [2.45, 2.75) is 19.9 Å². The van der Waals surface area contributed by atoms with Gasteiger partial charge < -0.3 is 10.6 Å². The van der Waals surface area contributed by atoms with Gasteiger partial charge in [-0.15, -0.1) is 11.3 Å². The maximum Gasteiger partial charge on any atom is 0.256 e. The van der Waals surface area contributed by atoms with Crippen molar-refractivity contribution in [2.75, 3.05) is 10.6 Å². The summed E-state index contributed by atoms with van der Waals surface area (Å²) in [4.78, 5) is 14.1. The average Bonchev–Trinajstić information content (AvgIpc) is 3.06. The number of anilines is 2. The van der Waals surface area contributed by atoms with E-state index in [4.69, 9.17) is 11.6 Å². The minimum Gasteiger partial charge on any atom is -0.374 e. The lowest BCUT2D eigenvalue weighted by molar-refractivity contribution is 0.102. The number of benzene rings is 3. The van der Waals surface area contributed by atoms with Crippen LogP contribution >= 0.6 is 22.9 Å². The summed E-state index contributed by atoms with van der Waals surface area (Å²) in [6.07, 6.45) is 0. The van der Waals surface area contributed by atoms with Crippen molar-refractivity contribution in [3.05, 3.63) is 117 Å². The normalized spacial score (nSPS) is 11.7. The second-order valence-corrected chi connectivity index (χ2v) is 9.01. The minimum atomic E-state index is -0.169. The molecule has 0 bridgehead atoms. The number of carbonyl (C=O) groups is 1. The van der Waals surface area contributed by atoms with E-state index in [1.807, 2.05) is 78.9 Å². The SMILES string of the molecule is Cc1sc(NC(=O)c2ccccc2)c(C(Nc2ccccc2)c2cccc(Cl)c2)c1C. The van der Waals surface area contributed by atoms with Crippen LogP contribution in [0.1, 0.15) is 38.0 Å². The first-order valence-electron chi connectivity index (χ1n) is 10.1. The molecule has 156 valence electrons. The van der Waals surface area contributed by atoms with Gasteiger partial charge in [-0.25, -0.2) is 0 Å². The van der Waals surface area contributed by atoms with Crippen molar-refractivity contribution >= 4 is 39.5 Å². The van der Waals surface area contributed by atoms with E-state index in [2.05, 4.69) is 30.5 Å². The van der Waals surface area contributed by atoms with Gasteiger partial charge in [0.15, 0.2) is 0 Å². The first kappa shape index (κ1) is 21.2. The van der Waals surface area contributed by atoms with Gasteiger partial charge in [0.2, 0.25) is 0 Å². The number of aryl methyl sites for hydroxylation is 1. The lowest BCUT2D eigenvalue weighted by Gasteiger charge is -2.23. The van der Waals surface area contributed by atoms with E-state index in [1.165, 1.54) is 4.88 Å². The maximum atomic E-state index is 12.9. The van der Waals surface area contributed by atoms with E-state index < -0.39 is 0 Å². The summed E-state index contributed by atoms with van der Waals surface area (Å²) in [5.41, 5.74) is 4.87. The van der Waals surface area contributed by atoms with Crippen molar-refractivity contribution in [3.63, 3.8) is 0 Å². The fraction of sp³-hybridized carbons (Fsp3) is 0.115. The van der Waals surface area contributed by atoms with Crippen LogP contribution in [0.5, 0.6) is 0 Å². The summed E-state index contributed by atoms with van der Waals surface area (Å²) < 4.78 is 0. The van der Waals surface area contributed by atoms with Crippen molar-refractivity contribution in [2.24, 2.45) is 0 Å². The molecule has 31 heavy (non-hydrogen) atoms. The van der Waals surface area contributed by atoms with E-state index in [0.29, 0.717) is 10.6 Å². The standard InChI is InChI=1S/C26H23ClN2OS/c1-17-18(2)31-26(29-25(30)19-10-5-3-6-11-19)23(17)24(20-12-9-13-21(27)16-20)28-22-14-7-4-8-15-22/h3-16,24,28H,1-2H3,(H,29,30). The zero-order valence-electron chi connectivity index (χ0n) is 17.4. The molecule has 0 aliphatic rings. The predicted molar refractivity (Wildman–Crippen MR) is 132 cm³/mol. The van der Waals surface area contributed by atoms with E-state index in [0.717, 1.165) is 27.4 Å². The Kier molecular flexibility index (Phi) is 6.40. The summed E-state index contributed by atoms with van der Waals surface area (Å²) in [7, 11) is 0. The predicted octanol–water partition coefficient (Wildman–Crippen LogP) is 7.47. The third kappa shape index (κ3) is 4.82. The van der Waals surface area contributed by atoms with Crippen LogP contribution in [-0.4, -0.2) is 5.91 Å². The number of halogens is 1. The van der Waals surface area contributed by atoms with E-state index in [1.54, 1.807) is 11.3 Å². The van der Waals surface area contributed by atoms with Crippen molar-refractivity contribution in [3.8, 4) is 0 Å². The Bertz CT molecular complexity index is 1190. The van der Waals surface area contributed by atoms with Crippen molar-refractivity contribution in [1.82, 2.24) is 0 Å². The van der Waals surface area contributed by atoms with Crippen molar-refractivity contribution < 1.29 is 4.79 Å². The van der Waals surface area contributed by atoms with Crippen LogP contribution in [0.25, 0.3) is 0 Å². The fourth-order valence-corrected chi connectivity index (χ4v) is 4.85. The summed E-state index contributed by atoms with van der Waals surface area (Å²) in [5.74, 6) is -0.118. The number of thiophene rings is 1. The molecule has 4 rings (SSSR count). The minimum absolute atomic E-state index is 0.118. The molecule has 1 unspecified atom stereocenters. The Labute approximate surface area is 191 Å². The summed E-state index contributed by atoms with van der Waals surface area (Å²) in [5, 5.41) is 8.31. The molecule has 1 heterocycles. The highest BCUT2D eigenvalue weighted by molar-refractivity contribution is 7.16. The van der Waals surface area contributed by atoms with Gasteiger partial charge >= 0.3 is 0 Å². The van der Waals surface area contributed by atoms with E-state index in [9.17, 15) is 4.79 Å². The third-order valence-electron chi connectivity index (χ3n) is 5.25. The number of carbonyl (C=O) groups excluding carboxylic acids is 1. The van der Waals surface area contributed by atoms with Gasteiger partial charge in [0, 0.05) is 26.7 Å². The van der Waals surface area contributed by atoms with Crippen LogP contribution in [0.2, 0.25) is 5.02 Å². The number of amides is 1. The molecular weight excluding hydrogens is 424 g/mol. The lowest BCUT2D eigenvalue weighted by Crippen LogP contribution is -2.17. The van der Waals surface area contributed by atoms with Crippen LogP contribution < -0.4 is 10.6 Å². The number of para-hydroxylation sites is 1. The first-order valence-corrected chi connectivity index (χ1v) is 11.3. The van der Waals surface area contributed by atoms with Crippen LogP contribution in [0.15, 0.2) is 84.9 Å². The van der Waals surface area contributed by atoms with Crippen LogP contribution in [0.4, 0.5) is 10.7 Å². The Morgan fingerprint density at radius 2 is 1.58 bits per heavy atom. The van der Waals surface area contributed by atoms with Gasteiger partial charge in [-0.1, -0.05) is 60.1 Å². The topological polar surface area (TPSA) is 41.1 Å². The molecule has 0 saturated carbocycles. The lowest BCUT2D eigenvalue weighted by atomic mass is 9.96.